The number of benzene rings is 1. The number of aromatic carboxylic acids is 1. The van der Waals surface area contributed by atoms with Crippen LogP contribution in [-0.4, -0.2) is 19.5 Å². The molecule has 2 N–H and O–H groups in total. The number of carbonyl (C=O) groups is 1. The normalized spacial score (nSPS) is 11.5. The van der Waals surface area contributed by atoms with Crippen molar-refractivity contribution in [3.8, 4) is 0 Å². The molecule has 0 unspecified atom stereocenters. The highest BCUT2D eigenvalue weighted by atomic mass is 32.2. The van der Waals surface area contributed by atoms with Gasteiger partial charge in [0, 0.05) is 6.54 Å². The first kappa shape index (κ1) is 15.7. The minimum atomic E-state index is -3.70. The first-order valence-corrected chi connectivity index (χ1v) is 8.48. The second-order valence-corrected chi connectivity index (χ2v) is 7.74. The van der Waals surface area contributed by atoms with Crippen LogP contribution in [0.3, 0.4) is 0 Å². The number of sulfonamides is 1. The van der Waals surface area contributed by atoms with Crippen LogP contribution in [0.25, 0.3) is 0 Å². The molecule has 0 bridgehead atoms. The monoisotopic (exact) mass is 325 g/mol. The van der Waals surface area contributed by atoms with Crippen molar-refractivity contribution in [2.75, 3.05) is 0 Å². The van der Waals surface area contributed by atoms with Crippen LogP contribution >= 0.6 is 11.3 Å². The van der Waals surface area contributed by atoms with Gasteiger partial charge >= 0.3 is 5.97 Å². The van der Waals surface area contributed by atoms with E-state index in [1.54, 1.807) is 6.92 Å². The molecule has 112 valence electrons. The Morgan fingerprint density at radius 1 is 1.24 bits per heavy atom. The predicted octanol–water partition coefficient (Wildman–Crippen LogP) is 2.54. The van der Waals surface area contributed by atoms with Crippen LogP contribution in [0.5, 0.6) is 0 Å². The van der Waals surface area contributed by atoms with Gasteiger partial charge in [-0.2, -0.15) is 0 Å². The predicted molar refractivity (Wildman–Crippen MR) is 81.2 cm³/mol. The van der Waals surface area contributed by atoms with E-state index in [0.29, 0.717) is 5.56 Å². The lowest BCUT2D eigenvalue weighted by Crippen LogP contribution is -2.22. The van der Waals surface area contributed by atoms with Crippen molar-refractivity contribution >= 4 is 27.3 Å². The van der Waals surface area contributed by atoms with E-state index in [4.69, 9.17) is 5.11 Å². The number of rotatable bonds is 5. The molecule has 0 aliphatic carbocycles. The Hall–Kier alpha value is -1.70. The van der Waals surface area contributed by atoms with Gasteiger partial charge in [0.2, 0.25) is 10.0 Å². The van der Waals surface area contributed by atoms with Crippen LogP contribution in [0.4, 0.5) is 0 Å². The average Bonchev–Trinajstić information content (AvgIpc) is 2.81. The molecule has 0 atom stereocenters. The summed E-state index contributed by atoms with van der Waals surface area (Å²) in [6.07, 6.45) is 0. The molecule has 1 aromatic heterocycles. The first-order chi connectivity index (χ1) is 9.79. The molecule has 7 heteroatoms. The molecule has 2 aromatic rings. The summed E-state index contributed by atoms with van der Waals surface area (Å²) in [7, 11) is -3.70. The number of aryl methyl sites for hydroxylation is 2. The number of carboxylic acids is 1. The van der Waals surface area contributed by atoms with Crippen LogP contribution in [0.1, 0.15) is 26.4 Å². The molecule has 21 heavy (non-hydrogen) atoms. The van der Waals surface area contributed by atoms with Crippen molar-refractivity contribution in [1.29, 1.82) is 0 Å². The van der Waals surface area contributed by atoms with Crippen LogP contribution in [0.15, 0.2) is 34.5 Å². The summed E-state index contributed by atoms with van der Waals surface area (Å²) >= 11 is 0.762. The Balaban J connectivity index is 2.17. The highest BCUT2D eigenvalue weighted by molar-refractivity contribution is 7.91. The lowest BCUT2D eigenvalue weighted by molar-refractivity contribution is 0.0701. The van der Waals surface area contributed by atoms with E-state index >= 15 is 0 Å². The number of nitrogens with one attached hydrogen (secondary N) is 1. The third-order valence-corrected chi connectivity index (χ3v) is 6.04. The van der Waals surface area contributed by atoms with Gasteiger partial charge in [-0.1, -0.05) is 29.8 Å². The average molecular weight is 325 g/mol. The first-order valence-electron chi connectivity index (χ1n) is 6.18. The molecule has 1 aromatic carbocycles. The van der Waals surface area contributed by atoms with E-state index in [1.165, 1.54) is 6.07 Å². The lowest BCUT2D eigenvalue weighted by atomic mass is 10.2. The number of hydrogen-bond acceptors (Lipinski definition) is 4. The van der Waals surface area contributed by atoms with Gasteiger partial charge in [0.15, 0.2) is 0 Å². The Morgan fingerprint density at radius 3 is 2.38 bits per heavy atom. The molecule has 1 heterocycles. The summed E-state index contributed by atoms with van der Waals surface area (Å²) in [6.45, 7) is 3.71. The molecular formula is C14H15NO4S2. The summed E-state index contributed by atoms with van der Waals surface area (Å²) in [5, 5.41) is 8.97. The fourth-order valence-electron chi connectivity index (χ4n) is 1.75. The van der Waals surface area contributed by atoms with Gasteiger partial charge in [0.1, 0.15) is 9.09 Å². The van der Waals surface area contributed by atoms with Crippen molar-refractivity contribution in [1.82, 2.24) is 4.72 Å². The van der Waals surface area contributed by atoms with Crippen LogP contribution in [0, 0.1) is 13.8 Å². The smallest absolute Gasteiger partial charge is 0.346 e. The van der Waals surface area contributed by atoms with Crippen LogP contribution in [-0.2, 0) is 16.6 Å². The third-order valence-electron chi connectivity index (χ3n) is 2.94. The SMILES string of the molecule is Cc1ccc(CNS(=O)(=O)c2cc(C)c(C(=O)O)s2)cc1. The van der Waals surface area contributed by atoms with Gasteiger partial charge in [0.25, 0.3) is 0 Å². The molecule has 0 aliphatic rings. The van der Waals surface area contributed by atoms with Crippen molar-refractivity contribution in [3.05, 3.63) is 51.9 Å². The summed E-state index contributed by atoms with van der Waals surface area (Å²) in [6, 6.07) is 8.88. The number of hydrogen-bond donors (Lipinski definition) is 2. The minimum absolute atomic E-state index is 0.0181. The van der Waals surface area contributed by atoms with E-state index in [0.717, 1.165) is 22.5 Å². The van der Waals surface area contributed by atoms with Gasteiger partial charge in [0.05, 0.1) is 0 Å². The second-order valence-electron chi connectivity index (χ2n) is 4.69. The molecule has 0 spiro atoms. The van der Waals surface area contributed by atoms with Gasteiger partial charge in [-0.25, -0.2) is 17.9 Å². The molecule has 0 aliphatic heterocycles. The fourth-order valence-corrected chi connectivity index (χ4v) is 4.19. The molecule has 0 amide bonds. The maximum atomic E-state index is 12.2. The molecule has 0 radical (unpaired) electrons. The van der Waals surface area contributed by atoms with Crippen LogP contribution in [0.2, 0.25) is 0 Å². The Bertz CT molecular complexity index is 761. The van der Waals surface area contributed by atoms with Crippen molar-refractivity contribution < 1.29 is 18.3 Å². The van der Waals surface area contributed by atoms with Crippen molar-refractivity contribution in [3.63, 3.8) is 0 Å². The zero-order valence-corrected chi connectivity index (χ0v) is 13.2. The number of carboxylic acid groups (broad SMARTS) is 1. The van der Waals surface area contributed by atoms with E-state index in [2.05, 4.69) is 4.72 Å². The summed E-state index contributed by atoms with van der Waals surface area (Å²) in [5.41, 5.74) is 2.39. The van der Waals surface area contributed by atoms with Gasteiger partial charge in [-0.15, -0.1) is 11.3 Å². The molecular weight excluding hydrogens is 310 g/mol. The van der Waals surface area contributed by atoms with Crippen molar-refractivity contribution in [2.45, 2.75) is 24.6 Å². The van der Waals surface area contributed by atoms with E-state index in [9.17, 15) is 13.2 Å². The Labute approximate surface area is 127 Å². The summed E-state index contributed by atoms with van der Waals surface area (Å²) in [4.78, 5) is 11.0. The van der Waals surface area contributed by atoms with E-state index in [-0.39, 0.29) is 15.6 Å². The summed E-state index contributed by atoms with van der Waals surface area (Å²) in [5.74, 6) is -1.11. The molecule has 2 rings (SSSR count). The fraction of sp³-hybridized carbons (Fsp3) is 0.214. The molecule has 5 nitrogen and oxygen atoms in total. The maximum absolute atomic E-state index is 12.2. The largest absolute Gasteiger partial charge is 0.477 e. The third kappa shape index (κ3) is 3.69. The Morgan fingerprint density at radius 2 is 1.86 bits per heavy atom. The molecule has 0 fully saturated rings. The standard InChI is InChI=1S/C14H15NO4S2/c1-9-3-5-11(6-4-9)8-15-21(18,19)12-7-10(2)13(20-12)14(16)17/h3-7,15H,8H2,1-2H3,(H,16,17). The zero-order chi connectivity index (χ0) is 15.6. The van der Waals surface area contributed by atoms with E-state index in [1.807, 2.05) is 31.2 Å². The topological polar surface area (TPSA) is 83.5 Å². The molecule has 0 saturated heterocycles. The quantitative estimate of drug-likeness (QED) is 0.885. The van der Waals surface area contributed by atoms with Crippen molar-refractivity contribution in [2.24, 2.45) is 0 Å². The Kier molecular flexibility index (Phi) is 4.46. The molecule has 0 saturated carbocycles. The van der Waals surface area contributed by atoms with Gasteiger partial charge < -0.3 is 5.11 Å². The summed E-state index contributed by atoms with van der Waals surface area (Å²) < 4.78 is 26.8. The highest BCUT2D eigenvalue weighted by Crippen LogP contribution is 2.26. The number of thiophene rings is 1. The highest BCUT2D eigenvalue weighted by Gasteiger charge is 2.21. The van der Waals surface area contributed by atoms with E-state index < -0.39 is 16.0 Å². The second kappa shape index (κ2) is 5.97. The lowest BCUT2D eigenvalue weighted by Gasteiger charge is -2.05. The van der Waals surface area contributed by atoms with Gasteiger partial charge in [-0.05, 0) is 31.0 Å². The van der Waals surface area contributed by atoms with Crippen LogP contribution < -0.4 is 4.72 Å². The zero-order valence-electron chi connectivity index (χ0n) is 11.6. The van der Waals surface area contributed by atoms with Gasteiger partial charge in [-0.3, -0.25) is 0 Å². The maximum Gasteiger partial charge on any atom is 0.346 e. The minimum Gasteiger partial charge on any atom is -0.477 e.